The number of aryl methyl sites for hydroxylation is 1. The van der Waals surface area contributed by atoms with E-state index in [-0.39, 0.29) is 20.9 Å². The first kappa shape index (κ1) is 14.9. The molecule has 2 rings (SSSR count). The van der Waals surface area contributed by atoms with Gasteiger partial charge in [0.1, 0.15) is 16.8 Å². The molecule has 2 aromatic rings. The highest BCUT2D eigenvalue weighted by atomic mass is 79.9. The summed E-state index contributed by atoms with van der Waals surface area (Å²) in [4.78, 5) is 15.9. The van der Waals surface area contributed by atoms with Gasteiger partial charge in [0.15, 0.2) is 0 Å². The summed E-state index contributed by atoms with van der Waals surface area (Å²) >= 11 is 8.60. The molecule has 7 heteroatoms. The first-order valence-corrected chi connectivity index (χ1v) is 6.64. The van der Waals surface area contributed by atoms with Gasteiger partial charge >= 0.3 is 0 Å². The number of hydrogen-bond acceptors (Lipinski definition) is 2. The smallest absolute Gasteiger partial charge is 0.255 e. The highest BCUT2D eigenvalue weighted by Gasteiger charge is 2.13. The van der Waals surface area contributed by atoms with Gasteiger partial charge in [0.05, 0.1) is 10.2 Å². The van der Waals surface area contributed by atoms with Crippen LogP contribution in [0.5, 0.6) is 0 Å². The Labute approximate surface area is 127 Å². The molecule has 0 saturated carbocycles. The highest BCUT2D eigenvalue weighted by Crippen LogP contribution is 2.24. The second kappa shape index (κ2) is 5.85. The molecule has 1 aromatic heterocycles. The molecule has 104 valence electrons. The molecule has 0 bridgehead atoms. The quantitative estimate of drug-likeness (QED) is 0.639. The van der Waals surface area contributed by atoms with Gasteiger partial charge in [0.25, 0.3) is 5.91 Å². The van der Waals surface area contributed by atoms with Crippen LogP contribution in [0.15, 0.2) is 28.7 Å². The van der Waals surface area contributed by atoms with Gasteiger partial charge in [-0.05, 0) is 41.1 Å². The van der Waals surface area contributed by atoms with Gasteiger partial charge in [0.2, 0.25) is 0 Å². The molecule has 1 N–H and O–H groups in total. The van der Waals surface area contributed by atoms with Crippen LogP contribution in [0, 0.1) is 18.6 Å². The third-order valence-corrected chi connectivity index (χ3v) is 3.24. The highest BCUT2D eigenvalue weighted by molar-refractivity contribution is 9.10. The van der Waals surface area contributed by atoms with E-state index in [0.29, 0.717) is 5.69 Å². The SMILES string of the molecule is Cc1cc(C(=O)Nc2cc(F)c(Br)cc2F)cc(Cl)n1. The summed E-state index contributed by atoms with van der Waals surface area (Å²) in [5.74, 6) is -2.02. The van der Waals surface area contributed by atoms with Gasteiger partial charge in [-0.2, -0.15) is 0 Å². The molecular formula is C13H8BrClF2N2O. The summed E-state index contributed by atoms with van der Waals surface area (Å²) in [5, 5.41) is 2.44. The molecule has 1 amide bonds. The number of anilines is 1. The van der Waals surface area contributed by atoms with Crippen LogP contribution in [0.3, 0.4) is 0 Å². The van der Waals surface area contributed by atoms with Crippen LogP contribution in [-0.4, -0.2) is 10.9 Å². The number of nitrogens with one attached hydrogen (secondary N) is 1. The van der Waals surface area contributed by atoms with Gasteiger partial charge < -0.3 is 5.32 Å². The van der Waals surface area contributed by atoms with E-state index < -0.39 is 17.5 Å². The van der Waals surface area contributed by atoms with E-state index in [0.717, 1.165) is 12.1 Å². The predicted molar refractivity (Wildman–Crippen MR) is 76.0 cm³/mol. The van der Waals surface area contributed by atoms with E-state index in [4.69, 9.17) is 11.6 Å². The monoisotopic (exact) mass is 360 g/mol. The van der Waals surface area contributed by atoms with Crippen molar-refractivity contribution >= 4 is 39.1 Å². The molecule has 1 aromatic carbocycles. The Morgan fingerprint density at radius 3 is 2.60 bits per heavy atom. The molecule has 0 saturated heterocycles. The van der Waals surface area contributed by atoms with Crippen molar-refractivity contribution in [1.29, 1.82) is 0 Å². The third-order valence-electron chi connectivity index (χ3n) is 2.44. The lowest BCUT2D eigenvalue weighted by atomic mass is 10.2. The maximum absolute atomic E-state index is 13.6. The summed E-state index contributed by atoms with van der Waals surface area (Å²) in [6, 6.07) is 4.67. The number of pyridine rings is 1. The number of carbonyl (C=O) groups excluding carboxylic acids is 1. The Hall–Kier alpha value is -1.53. The van der Waals surface area contributed by atoms with E-state index in [1.807, 2.05) is 0 Å². The van der Waals surface area contributed by atoms with Gasteiger partial charge in [-0.25, -0.2) is 13.8 Å². The van der Waals surface area contributed by atoms with Gasteiger partial charge in [0, 0.05) is 17.3 Å². The van der Waals surface area contributed by atoms with Crippen molar-refractivity contribution in [2.75, 3.05) is 5.32 Å². The van der Waals surface area contributed by atoms with Crippen LogP contribution in [0.1, 0.15) is 16.1 Å². The van der Waals surface area contributed by atoms with E-state index in [1.165, 1.54) is 12.1 Å². The fraction of sp³-hybridized carbons (Fsp3) is 0.0769. The Morgan fingerprint density at radius 2 is 1.95 bits per heavy atom. The number of amides is 1. The fourth-order valence-corrected chi connectivity index (χ4v) is 2.14. The molecule has 0 aliphatic carbocycles. The second-order valence-electron chi connectivity index (χ2n) is 4.02. The van der Waals surface area contributed by atoms with Crippen LogP contribution in [0.4, 0.5) is 14.5 Å². The Kier molecular flexibility index (Phi) is 4.35. The van der Waals surface area contributed by atoms with Crippen LogP contribution < -0.4 is 5.32 Å². The van der Waals surface area contributed by atoms with Crippen molar-refractivity contribution in [1.82, 2.24) is 4.98 Å². The molecule has 3 nitrogen and oxygen atoms in total. The summed E-state index contributed by atoms with van der Waals surface area (Å²) in [6.07, 6.45) is 0. The number of nitrogens with zero attached hydrogens (tertiary/aromatic N) is 1. The van der Waals surface area contributed by atoms with Crippen molar-refractivity contribution in [3.63, 3.8) is 0 Å². The summed E-state index contributed by atoms with van der Waals surface area (Å²) in [6.45, 7) is 1.67. The topological polar surface area (TPSA) is 42.0 Å². The van der Waals surface area contributed by atoms with E-state index in [2.05, 4.69) is 26.2 Å². The average Bonchev–Trinajstić information content (AvgIpc) is 2.34. The van der Waals surface area contributed by atoms with Crippen LogP contribution in [0.2, 0.25) is 5.15 Å². The first-order chi connectivity index (χ1) is 9.36. The summed E-state index contributed by atoms with van der Waals surface area (Å²) < 4.78 is 26.9. The van der Waals surface area contributed by atoms with Gasteiger partial charge in [-0.15, -0.1) is 0 Å². The molecule has 0 radical (unpaired) electrons. The van der Waals surface area contributed by atoms with Crippen molar-refractivity contribution in [2.45, 2.75) is 6.92 Å². The zero-order valence-electron chi connectivity index (χ0n) is 10.2. The number of hydrogen-bond donors (Lipinski definition) is 1. The standard InChI is InChI=1S/C13H8BrClF2N2O/c1-6-2-7(3-12(15)18-6)13(20)19-11-5-9(16)8(14)4-10(11)17/h2-5H,1H3,(H,19,20). The van der Waals surface area contributed by atoms with E-state index in [9.17, 15) is 13.6 Å². The number of halogens is 4. The lowest BCUT2D eigenvalue weighted by molar-refractivity contribution is 0.102. The predicted octanol–water partition coefficient (Wildman–Crippen LogP) is 4.34. The van der Waals surface area contributed by atoms with Crippen molar-refractivity contribution in [2.24, 2.45) is 0 Å². The lowest BCUT2D eigenvalue weighted by Crippen LogP contribution is -2.14. The van der Waals surface area contributed by atoms with Crippen molar-refractivity contribution < 1.29 is 13.6 Å². The zero-order chi connectivity index (χ0) is 14.9. The minimum atomic E-state index is -0.747. The molecule has 0 aliphatic heterocycles. The summed E-state index contributed by atoms with van der Waals surface area (Å²) in [7, 11) is 0. The minimum absolute atomic E-state index is 0.0178. The number of benzene rings is 1. The normalized spacial score (nSPS) is 10.4. The average molecular weight is 362 g/mol. The molecule has 0 fully saturated rings. The molecule has 0 spiro atoms. The third kappa shape index (κ3) is 3.32. The van der Waals surface area contributed by atoms with Gasteiger partial charge in [-0.1, -0.05) is 11.6 Å². The maximum atomic E-state index is 13.6. The van der Waals surface area contributed by atoms with E-state index >= 15 is 0 Å². The minimum Gasteiger partial charge on any atom is -0.319 e. The van der Waals surface area contributed by atoms with Crippen LogP contribution in [-0.2, 0) is 0 Å². The molecule has 20 heavy (non-hydrogen) atoms. The number of carbonyl (C=O) groups is 1. The maximum Gasteiger partial charge on any atom is 0.255 e. The van der Waals surface area contributed by atoms with Crippen molar-refractivity contribution in [3.05, 3.63) is 56.8 Å². The van der Waals surface area contributed by atoms with Gasteiger partial charge in [-0.3, -0.25) is 4.79 Å². The zero-order valence-corrected chi connectivity index (χ0v) is 12.5. The van der Waals surface area contributed by atoms with E-state index in [1.54, 1.807) is 6.92 Å². The number of rotatable bonds is 2. The van der Waals surface area contributed by atoms with Crippen molar-refractivity contribution in [3.8, 4) is 0 Å². The Balaban J connectivity index is 2.30. The molecule has 0 atom stereocenters. The molecular weight excluding hydrogens is 354 g/mol. The van der Waals surface area contributed by atoms with Crippen LogP contribution in [0.25, 0.3) is 0 Å². The second-order valence-corrected chi connectivity index (χ2v) is 5.26. The largest absolute Gasteiger partial charge is 0.319 e. The molecule has 1 heterocycles. The lowest BCUT2D eigenvalue weighted by Gasteiger charge is -2.08. The van der Waals surface area contributed by atoms with Crippen LogP contribution >= 0.6 is 27.5 Å². The molecule has 0 aliphatic rings. The Bertz CT molecular complexity index is 674. The Morgan fingerprint density at radius 1 is 1.25 bits per heavy atom. The molecule has 0 unspecified atom stereocenters. The first-order valence-electron chi connectivity index (χ1n) is 5.47. The number of aromatic nitrogens is 1. The summed E-state index contributed by atoms with van der Waals surface area (Å²) in [5.41, 5.74) is 0.511. The fourth-order valence-electron chi connectivity index (χ4n) is 1.57.